The molecule has 0 spiro atoms. The van der Waals surface area contributed by atoms with E-state index in [0.29, 0.717) is 36.3 Å². The van der Waals surface area contributed by atoms with E-state index in [2.05, 4.69) is 44.6 Å². The fourth-order valence-corrected chi connectivity index (χ4v) is 4.63. The van der Waals surface area contributed by atoms with E-state index in [9.17, 15) is 4.79 Å². The molecule has 1 saturated carbocycles. The van der Waals surface area contributed by atoms with E-state index in [-0.39, 0.29) is 18.2 Å². The molecule has 2 atom stereocenters. The molecule has 5 rings (SSSR count). The molecule has 0 radical (unpaired) electrons. The Morgan fingerprint density at radius 2 is 2.03 bits per heavy atom. The molecule has 8 nitrogen and oxygen atoms in total. The Morgan fingerprint density at radius 1 is 1.18 bits per heavy atom. The van der Waals surface area contributed by atoms with Gasteiger partial charge < -0.3 is 20.1 Å². The Labute approximate surface area is 224 Å². The van der Waals surface area contributed by atoms with Gasteiger partial charge >= 0.3 is 0 Å². The van der Waals surface area contributed by atoms with E-state index in [4.69, 9.17) is 9.47 Å². The molecule has 1 amide bonds. The number of ether oxygens (including phenoxy) is 2. The number of hydrogen-bond acceptors (Lipinski definition) is 7. The van der Waals surface area contributed by atoms with Gasteiger partial charge in [0, 0.05) is 36.7 Å². The molecule has 2 N–H and O–H groups in total. The minimum absolute atomic E-state index is 0.0474. The number of carbonyl (C=O) groups is 1. The van der Waals surface area contributed by atoms with E-state index in [0.717, 1.165) is 35.9 Å². The van der Waals surface area contributed by atoms with E-state index in [1.807, 2.05) is 43.5 Å². The Bertz CT molecular complexity index is 1260. The molecule has 0 bridgehead atoms. The molecule has 2 aromatic carbocycles. The van der Waals surface area contributed by atoms with Crippen molar-refractivity contribution in [2.24, 2.45) is 5.92 Å². The molecule has 8 heteroatoms. The number of hydrogen-bond donors (Lipinski definition) is 2. The molecule has 1 unspecified atom stereocenters. The smallest absolute Gasteiger partial charge is 0.248 e. The fraction of sp³-hybridized carbons (Fsp3) is 0.433. The first-order valence-corrected chi connectivity index (χ1v) is 13.6. The number of aromatic nitrogens is 2. The third-order valence-electron chi connectivity index (χ3n) is 7.13. The monoisotopic (exact) mass is 515 g/mol. The summed E-state index contributed by atoms with van der Waals surface area (Å²) >= 11 is 0. The molecule has 1 saturated heterocycles. The minimum atomic E-state index is -0.206. The molecule has 1 aromatic heterocycles. The normalized spacial score (nSPS) is 18.6. The van der Waals surface area contributed by atoms with Crippen molar-refractivity contribution in [2.75, 3.05) is 37.4 Å². The van der Waals surface area contributed by atoms with Gasteiger partial charge in [0.05, 0.1) is 17.8 Å². The third-order valence-corrected chi connectivity index (χ3v) is 7.13. The third kappa shape index (κ3) is 6.88. The molecule has 2 fully saturated rings. The minimum Gasteiger partial charge on any atom is -0.491 e. The Balaban J connectivity index is 1.33. The highest BCUT2D eigenvalue weighted by Crippen LogP contribution is 2.36. The van der Waals surface area contributed by atoms with Crippen LogP contribution in [0.15, 0.2) is 60.9 Å². The molecule has 38 heavy (non-hydrogen) atoms. The van der Waals surface area contributed by atoms with Gasteiger partial charge in [0.1, 0.15) is 24.1 Å². The largest absolute Gasteiger partial charge is 0.491 e. The maximum atomic E-state index is 12.9. The number of benzene rings is 2. The zero-order chi connectivity index (χ0) is 26.3. The average Bonchev–Trinajstić information content (AvgIpc) is 3.78. The van der Waals surface area contributed by atoms with Gasteiger partial charge in [-0.05, 0) is 63.6 Å². The van der Waals surface area contributed by atoms with Crippen LogP contribution in [0.25, 0.3) is 10.9 Å². The highest BCUT2D eigenvalue weighted by atomic mass is 16.5. The van der Waals surface area contributed by atoms with Crippen LogP contribution in [0.3, 0.4) is 0 Å². The maximum Gasteiger partial charge on any atom is 0.248 e. The first-order chi connectivity index (χ1) is 18.6. The first kappa shape index (κ1) is 26.1. The number of fused-ring (bicyclic) bond motifs is 1. The molecule has 3 aromatic rings. The Kier molecular flexibility index (Phi) is 8.51. The van der Waals surface area contributed by atoms with Gasteiger partial charge in [0.15, 0.2) is 0 Å². The highest BCUT2D eigenvalue weighted by Gasteiger charge is 2.23. The topological polar surface area (TPSA) is 88.6 Å². The van der Waals surface area contributed by atoms with Crippen LogP contribution in [0.1, 0.15) is 50.6 Å². The summed E-state index contributed by atoms with van der Waals surface area (Å²) < 4.78 is 12.0. The summed E-state index contributed by atoms with van der Waals surface area (Å²) in [7, 11) is 2.02. The van der Waals surface area contributed by atoms with Crippen LogP contribution in [0.4, 0.5) is 11.5 Å². The standard InChI is InChI=1S/C30H37N5O3/c1-21(23-9-4-3-5-10-23)33-30-24-17-26(27(38-19-22-13-14-22)18-25(24)31-20-32-30)34-28(36)11-8-15-35(2)29-12-6-7-16-37-29/h3-5,8-11,17-18,20-22,29H,6-7,12-16,19H2,1-2H3,(H,34,36)(H,31,32,33)/t21-,29?/m1/s1. The van der Waals surface area contributed by atoms with Gasteiger partial charge in [-0.3, -0.25) is 9.69 Å². The number of carbonyl (C=O) groups excluding carboxylic acids is 1. The van der Waals surface area contributed by atoms with Crippen LogP contribution in [0, 0.1) is 5.92 Å². The maximum absolute atomic E-state index is 12.9. The zero-order valence-corrected chi connectivity index (χ0v) is 22.2. The summed E-state index contributed by atoms with van der Waals surface area (Å²) in [6, 6.07) is 14.1. The summed E-state index contributed by atoms with van der Waals surface area (Å²) in [5, 5.41) is 7.35. The molecule has 1 aliphatic heterocycles. The van der Waals surface area contributed by atoms with E-state index in [1.165, 1.54) is 19.3 Å². The molecule has 200 valence electrons. The van der Waals surface area contributed by atoms with Gasteiger partial charge in [-0.15, -0.1) is 0 Å². The first-order valence-electron chi connectivity index (χ1n) is 13.6. The number of anilines is 2. The fourth-order valence-electron chi connectivity index (χ4n) is 4.63. The van der Waals surface area contributed by atoms with Gasteiger partial charge in [-0.2, -0.15) is 0 Å². The van der Waals surface area contributed by atoms with Crippen LogP contribution in [-0.4, -0.2) is 53.8 Å². The molecular weight excluding hydrogens is 478 g/mol. The number of nitrogens with one attached hydrogen (secondary N) is 2. The average molecular weight is 516 g/mol. The Hall–Kier alpha value is -3.49. The highest BCUT2D eigenvalue weighted by molar-refractivity contribution is 6.03. The van der Waals surface area contributed by atoms with Crippen molar-refractivity contribution >= 4 is 28.3 Å². The van der Waals surface area contributed by atoms with E-state index < -0.39 is 0 Å². The number of rotatable bonds is 11. The summed E-state index contributed by atoms with van der Waals surface area (Å²) in [6.45, 7) is 4.17. The lowest BCUT2D eigenvalue weighted by Crippen LogP contribution is -2.36. The van der Waals surface area contributed by atoms with Gasteiger partial charge in [0.2, 0.25) is 5.91 Å². The van der Waals surface area contributed by atoms with Crippen molar-refractivity contribution in [3.05, 3.63) is 66.5 Å². The van der Waals surface area contributed by atoms with E-state index >= 15 is 0 Å². The van der Waals surface area contributed by atoms with Crippen molar-refractivity contribution in [3.63, 3.8) is 0 Å². The number of likely N-dealkylation sites (N-methyl/N-ethyl adjacent to an activating group) is 1. The van der Waals surface area contributed by atoms with Gasteiger partial charge in [-0.25, -0.2) is 9.97 Å². The molecule has 1 aliphatic carbocycles. The van der Waals surface area contributed by atoms with Crippen molar-refractivity contribution < 1.29 is 14.3 Å². The molecular formula is C30H37N5O3. The number of nitrogens with zero attached hydrogens (tertiary/aromatic N) is 3. The van der Waals surface area contributed by atoms with Crippen LogP contribution in [0.2, 0.25) is 0 Å². The van der Waals surface area contributed by atoms with Gasteiger partial charge in [-0.1, -0.05) is 36.4 Å². The van der Waals surface area contributed by atoms with Crippen LogP contribution < -0.4 is 15.4 Å². The number of amides is 1. The lowest BCUT2D eigenvalue weighted by Gasteiger charge is -2.30. The predicted molar refractivity (Wildman–Crippen MR) is 150 cm³/mol. The summed E-state index contributed by atoms with van der Waals surface area (Å²) in [5.74, 6) is 1.71. The molecule has 2 heterocycles. The van der Waals surface area contributed by atoms with Crippen LogP contribution in [0.5, 0.6) is 5.75 Å². The van der Waals surface area contributed by atoms with E-state index in [1.54, 1.807) is 12.4 Å². The summed E-state index contributed by atoms with van der Waals surface area (Å²) in [5.41, 5.74) is 2.53. The summed E-state index contributed by atoms with van der Waals surface area (Å²) in [6.07, 6.45) is 10.8. The lowest BCUT2D eigenvalue weighted by molar-refractivity contribution is -0.112. The SMILES string of the molecule is C[C@@H](Nc1ncnc2cc(OCC3CC3)c(NC(=O)C=CCN(C)C3CCCCO3)cc12)c1ccccc1. The van der Waals surface area contributed by atoms with Crippen molar-refractivity contribution in [3.8, 4) is 5.75 Å². The second-order valence-electron chi connectivity index (χ2n) is 10.3. The van der Waals surface area contributed by atoms with Crippen molar-refractivity contribution in [1.29, 1.82) is 0 Å². The Morgan fingerprint density at radius 3 is 2.79 bits per heavy atom. The van der Waals surface area contributed by atoms with Gasteiger partial charge in [0.25, 0.3) is 0 Å². The second kappa shape index (κ2) is 12.4. The quantitative estimate of drug-likeness (QED) is 0.324. The molecule has 2 aliphatic rings. The predicted octanol–water partition coefficient (Wildman–Crippen LogP) is 5.54. The zero-order valence-electron chi connectivity index (χ0n) is 22.2. The van der Waals surface area contributed by atoms with Crippen LogP contribution >= 0.6 is 0 Å². The second-order valence-corrected chi connectivity index (χ2v) is 10.3. The van der Waals surface area contributed by atoms with Crippen LogP contribution in [-0.2, 0) is 9.53 Å². The van der Waals surface area contributed by atoms with Crippen molar-refractivity contribution in [2.45, 2.75) is 51.3 Å². The summed E-state index contributed by atoms with van der Waals surface area (Å²) in [4.78, 5) is 24.0. The van der Waals surface area contributed by atoms with Crippen molar-refractivity contribution in [1.82, 2.24) is 14.9 Å². The lowest BCUT2D eigenvalue weighted by atomic mass is 10.1.